The summed E-state index contributed by atoms with van der Waals surface area (Å²) >= 11 is 0. The highest BCUT2D eigenvalue weighted by Gasteiger charge is 2.37. The molecule has 0 aliphatic heterocycles. The molecule has 0 amide bonds. The van der Waals surface area contributed by atoms with Crippen LogP contribution in [0.2, 0.25) is 0 Å². The van der Waals surface area contributed by atoms with Gasteiger partial charge in [-0.1, -0.05) is 25.7 Å². The van der Waals surface area contributed by atoms with Crippen LogP contribution >= 0.6 is 0 Å². The molecule has 2 unspecified atom stereocenters. The van der Waals surface area contributed by atoms with E-state index >= 15 is 0 Å². The normalized spacial score (nSPS) is 31.4. The molecule has 2 aliphatic carbocycles. The number of likely N-dealkylation sites (N-methyl/N-ethyl adjacent to an activating group) is 1. The molecule has 18 heavy (non-hydrogen) atoms. The number of rotatable bonds is 4. The summed E-state index contributed by atoms with van der Waals surface area (Å²) in [4.78, 5) is 2.40. The summed E-state index contributed by atoms with van der Waals surface area (Å²) in [5, 5.41) is 12.9. The number of hydrogen-bond acceptors (Lipinski definition) is 3. The summed E-state index contributed by atoms with van der Waals surface area (Å²) in [6.45, 7) is 1.06. The minimum absolute atomic E-state index is 0.236. The fourth-order valence-corrected chi connectivity index (χ4v) is 3.67. The summed E-state index contributed by atoms with van der Waals surface area (Å²) < 4.78 is 0. The maximum Gasteiger partial charge on any atom is 0.0672 e. The van der Waals surface area contributed by atoms with E-state index in [1.807, 2.05) is 0 Å². The Kier molecular flexibility index (Phi) is 4.64. The number of hydrogen-bond donors (Lipinski definition) is 1. The summed E-state index contributed by atoms with van der Waals surface area (Å²) in [7, 11) is 4.41. The Morgan fingerprint density at radius 2 is 1.83 bits per heavy atom. The Bertz CT molecular complexity index is 299. The number of nitrogens with one attached hydrogen (secondary N) is 1. The van der Waals surface area contributed by atoms with Gasteiger partial charge in [0.05, 0.1) is 12.0 Å². The predicted molar refractivity (Wildman–Crippen MR) is 74.2 cm³/mol. The summed E-state index contributed by atoms with van der Waals surface area (Å²) in [6.07, 6.45) is 10.1. The van der Waals surface area contributed by atoms with E-state index in [-0.39, 0.29) is 5.92 Å². The van der Waals surface area contributed by atoms with Gasteiger partial charge in [-0.25, -0.2) is 0 Å². The molecule has 2 rings (SSSR count). The largest absolute Gasteiger partial charge is 0.311 e. The Hall–Kier alpha value is -0.590. The maximum atomic E-state index is 9.23. The highest BCUT2D eigenvalue weighted by atomic mass is 15.2. The summed E-state index contributed by atoms with van der Waals surface area (Å²) in [5.41, 5.74) is 0.345. The van der Waals surface area contributed by atoms with Crippen molar-refractivity contribution < 1.29 is 0 Å². The molecule has 3 heteroatoms. The molecule has 2 fully saturated rings. The van der Waals surface area contributed by atoms with Gasteiger partial charge in [0.2, 0.25) is 0 Å². The van der Waals surface area contributed by atoms with E-state index in [2.05, 4.69) is 30.4 Å². The molecular formula is C15H27N3. The van der Waals surface area contributed by atoms with Gasteiger partial charge in [-0.3, -0.25) is 0 Å². The second-order valence-corrected chi connectivity index (χ2v) is 6.33. The van der Waals surface area contributed by atoms with Crippen LogP contribution in [0.3, 0.4) is 0 Å². The fraction of sp³-hybridized carbons (Fsp3) is 0.933. The maximum absolute atomic E-state index is 9.23. The van der Waals surface area contributed by atoms with Crippen molar-refractivity contribution in [1.82, 2.24) is 10.2 Å². The van der Waals surface area contributed by atoms with Gasteiger partial charge in [-0.2, -0.15) is 5.26 Å². The molecule has 2 atom stereocenters. The molecule has 102 valence electrons. The average molecular weight is 249 g/mol. The molecule has 1 N–H and O–H groups in total. The zero-order chi connectivity index (χ0) is 13.0. The van der Waals surface area contributed by atoms with Crippen molar-refractivity contribution in [2.75, 3.05) is 20.6 Å². The van der Waals surface area contributed by atoms with Gasteiger partial charge < -0.3 is 10.2 Å². The lowest BCUT2D eigenvalue weighted by Gasteiger charge is -2.39. The molecule has 0 aromatic heterocycles. The molecule has 0 bridgehead atoms. The van der Waals surface area contributed by atoms with Gasteiger partial charge in [-0.15, -0.1) is 0 Å². The van der Waals surface area contributed by atoms with Crippen molar-refractivity contribution in [1.29, 1.82) is 5.26 Å². The second kappa shape index (κ2) is 6.04. The first-order chi connectivity index (χ1) is 8.68. The van der Waals surface area contributed by atoms with Gasteiger partial charge in [-0.05, 0) is 39.8 Å². The van der Waals surface area contributed by atoms with Gasteiger partial charge >= 0.3 is 0 Å². The van der Waals surface area contributed by atoms with Gasteiger partial charge in [0, 0.05) is 18.1 Å². The summed E-state index contributed by atoms with van der Waals surface area (Å²) in [5.74, 6) is 0.236. The third-order valence-electron chi connectivity index (χ3n) is 5.11. The third-order valence-corrected chi connectivity index (χ3v) is 5.11. The fourth-order valence-electron chi connectivity index (χ4n) is 3.67. The Morgan fingerprint density at radius 3 is 2.44 bits per heavy atom. The predicted octanol–water partition coefficient (Wildman–Crippen LogP) is 2.53. The van der Waals surface area contributed by atoms with E-state index in [4.69, 9.17) is 0 Å². The van der Waals surface area contributed by atoms with Crippen LogP contribution in [-0.2, 0) is 0 Å². The SMILES string of the molecule is CN(C)C1(CNC2CCCCC2C#N)CCCC1. The Balaban J connectivity index is 1.91. The van der Waals surface area contributed by atoms with Crippen LogP contribution in [0.1, 0.15) is 51.4 Å². The van der Waals surface area contributed by atoms with E-state index in [1.165, 1.54) is 44.9 Å². The second-order valence-electron chi connectivity index (χ2n) is 6.33. The molecule has 0 radical (unpaired) electrons. The minimum Gasteiger partial charge on any atom is -0.311 e. The topological polar surface area (TPSA) is 39.1 Å². The zero-order valence-electron chi connectivity index (χ0n) is 11.9. The van der Waals surface area contributed by atoms with Crippen LogP contribution in [-0.4, -0.2) is 37.1 Å². The van der Waals surface area contributed by atoms with E-state index in [0.29, 0.717) is 11.6 Å². The van der Waals surface area contributed by atoms with E-state index in [0.717, 1.165) is 13.0 Å². The molecule has 0 heterocycles. The smallest absolute Gasteiger partial charge is 0.0672 e. The number of nitriles is 1. The van der Waals surface area contributed by atoms with Crippen LogP contribution in [0.25, 0.3) is 0 Å². The van der Waals surface area contributed by atoms with Crippen LogP contribution in [0.4, 0.5) is 0 Å². The number of nitrogens with zero attached hydrogens (tertiary/aromatic N) is 2. The van der Waals surface area contributed by atoms with Crippen LogP contribution in [0, 0.1) is 17.2 Å². The molecule has 2 saturated carbocycles. The minimum atomic E-state index is 0.236. The molecule has 0 saturated heterocycles. The van der Waals surface area contributed by atoms with Crippen molar-refractivity contribution in [3.63, 3.8) is 0 Å². The van der Waals surface area contributed by atoms with Gasteiger partial charge in [0.25, 0.3) is 0 Å². The molecule has 0 aromatic carbocycles. The third kappa shape index (κ3) is 2.87. The van der Waals surface area contributed by atoms with Crippen LogP contribution in [0.15, 0.2) is 0 Å². The van der Waals surface area contributed by atoms with Crippen LogP contribution < -0.4 is 5.32 Å². The molecule has 0 aromatic rings. The molecule has 3 nitrogen and oxygen atoms in total. The Labute approximate surface area is 112 Å². The average Bonchev–Trinajstić information content (AvgIpc) is 2.87. The van der Waals surface area contributed by atoms with Crippen molar-refractivity contribution in [2.24, 2.45) is 5.92 Å². The van der Waals surface area contributed by atoms with Gasteiger partial charge in [0.15, 0.2) is 0 Å². The van der Waals surface area contributed by atoms with Crippen molar-refractivity contribution in [2.45, 2.75) is 62.9 Å². The summed E-state index contributed by atoms with van der Waals surface area (Å²) in [6, 6.07) is 2.93. The van der Waals surface area contributed by atoms with E-state index in [9.17, 15) is 5.26 Å². The standard InChI is InChI=1S/C15H27N3/c1-18(2)15(9-5-6-10-15)12-17-14-8-4-3-7-13(14)11-16/h13-14,17H,3-10,12H2,1-2H3. The monoisotopic (exact) mass is 249 g/mol. The quantitative estimate of drug-likeness (QED) is 0.832. The highest BCUT2D eigenvalue weighted by molar-refractivity contribution is 4.99. The van der Waals surface area contributed by atoms with Crippen molar-refractivity contribution >= 4 is 0 Å². The lowest BCUT2D eigenvalue weighted by atomic mass is 9.84. The first-order valence-corrected chi connectivity index (χ1v) is 7.48. The first-order valence-electron chi connectivity index (χ1n) is 7.48. The van der Waals surface area contributed by atoms with Gasteiger partial charge in [0.1, 0.15) is 0 Å². The van der Waals surface area contributed by atoms with Crippen molar-refractivity contribution in [3.05, 3.63) is 0 Å². The van der Waals surface area contributed by atoms with Crippen LogP contribution in [0.5, 0.6) is 0 Å². The lowest BCUT2D eigenvalue weighted by molar-refractivity contribution is 0.141. The van der Waals surface area contributed by atoms with E-state index < -0.39 is 0 Å². The molecular weight excluding hydrogens is 222 g/mol. The molecule has 2 aliphatic rings. The lowest BCUT2D eigenvalue weighted by Crippen LogP contribution is -2.53. The Morgan fingerprint density at radius 1 is 1.17 bits per heavy atom. The highest BCUT2D eigenvalue weighted by Crippen LogP contribution is 2.34. The zero-order valence-corrected chi connectivity index (χ0v) is 11.9. The van der Waals surface area contributed by atoms with E-state index in [1.54, 1.807) is 0 Å². The molecule has 0 spiro atoms. The van der Waals surface area contributed by atoms with Crippen molar-refractivity contribution in [3.8, 4) is 6.07 Å². The first kappa shape index (κ1) is 13.8.